The SMILES string of the molecule is CC(C)(NC(=O)c1ncc(-c2cccc(Cl)c2)cc1O)C(=O)O.COC(=O)C(C)(C)NC(=O)c1ncc(-c2cccc(Cl)c2)cc1O. The van der Waals surface area contributed by atoms with Crippen LogP contribution in [0, 0.1) is 0 Å². The van der Waals surface area contributed by atoms with Gasteiger partial charge in [0.15, 0.2) is 11.4 Å². The van der Waals surface area contributed by atoms with Crippen molar-refractivity contribution in [3.63, 3.8) is 0 Å². The maximum absolute atomic E-state index is 12.2. The minimum Gasteiger partial charge on any atom is -0.505 e. The predicted molar refractivity (Wildman–Crippen MR) is 175 cm³/mol. The van der Waals surface area contributed by atoms with Gasteiger partial charge in [-0.05, 0) is 75.2 Å². The highest BCUT2D eigenvalue weighted by Crippen LogP contribution is 2.28. The Morgan fingerprint density at radius 2 is 1.09 bits per heavy atom. The van der Waals surface area contributed by atoms with Crippen LogP contribution in [0.25, 0.3) is 22.3 Å². The molecule has 47 heavy (non-hydrogen) atoms. The van der Waals surface area contributed by atoms with Crippen LogP contribution < -0.4 is 10.6 Å². The lowest BCUT2D eigenvalue weighted by Gasteiger charge is -2.23. The molecule has 0 saturated carbocycles. The Kier molecular flexibility index (Phi) is 11.5. The first-order valence-electron chi connectivity index (χ1n) is 13.8. The van der Waals surface area contributed by atoms with Crippen molar-refractivity contribution >= 4 is 47.0 Å². The van der Waals surface area contributed by atoms with E-state index in [9.17, 15) is 29.4 Å². The minimum atomic E-state index is -1.48. The average Bonchev–Trinajstić information content (AvgIpc) is 3.00. The van der Waals surface area contributed by atoms with Crippen molar-refractivity contribution in [2.24, 2.45) is 0 Å². The highest BCUT2D eigenvalue weighted by molar-refractivity contribution is 6.31. The lowest BCUT2D eigenvalue weighted by atomic mass is 10.0. The molecule has 0 spiro atoms. The molecule has 12 nitrogen and oxygen atoms in total. The summed E-state index contributed by atoms with van der Waals surface area (Å²) in [5.74, 6) is -3.90. The molecule has 0 aliphatic carbocycles. The molecule has 14 heteroatoms. The molecule has 0 atom stereocenters. The molecular formula is C33H32Cl2N4O8. The van der Waals surface area contributed by atoms with Crippen LogP contribution in [0.4, 0.5) is 0 Å². The molecule has 0 unspecified atom stereocenters. The third kappa shape index (κ3) is 9.41. The number of halogens is 2. The molecule has 2 heterocycles. The standard InChI is InChI=1S/C17H17ClN2O4.C16H15ClN2O4/c1-17(2,16(23)24-3)20-15(22)14-13(21)8-11(9-19-14)10-5-4-6-12(18)7-10;1-16(2,15(22)23)19-14(21)13-12(20)7-10(8-18-13)9-4-3-5-11(17)6-9/h4-9,21H,1-3H3,(H,20,22);3-8,20H,1-2H3,(H,19,21)(H,22,23). The first-order valence-corrected chi connectivity index (χ1v) is 14.6. The fourth-order valence-electron chi connectivity index (χ4n) is 3.95. The van der Waals surface area contributed by atoms with Gasteiger partial charge < -0.3 is 30.7 Å². The van der Waals surface area contributed by atoms with Crippen molar-refractivity contribution < 1.29 is 39.2 Å². The van der Waals surface area contributed by atoms with Crippen LogP contribution in [-0.2, 0) is 14.3 Å². The van der Waals surface area contributed by atoms with E-state index in [0.717, 1.165) is 11.1 Å². The van der Waals surface area contributed by atoms with Gasteiger partial charge in [0.1, 0.15) is 22.6 Å². The number of methoxy groups -OCH3 is 1. The summed E-state index contributed by atoms with van der Waals surface area (Å²) in [6.07, 6.45) is 2.86. The van der Waals surface area contributed by atoms with Gasteiger partial charge in [-0.15, -0.1) is 0 Å². The zero-order valence-corrected chi connectivity index (χ0v) is 27.5. The zero-order chi connectivity index (χ0) is 35.1. The Morgan fingerprint density at radius 1 is 0.681 bits per heavy atom. The lowest BCUT2D eigenvalue weighted by molar-refractivity contribution is -0.146. The molecule has 2 aromatic heterocycles. The number of aromatic hydroxyl groups is 2. The van der Waals surface area contributed by atoms with Crippen molar-refractivity contribution in [2.75, 3.05) is 7.11 Å². The molecule has 4 aromatic rings. The Hall–Kier alpha value is -5.20. The van der Waals surface area contributed by atoms with Gasteiger partial charge in [0.25, 0.3) is 11.8 Å². The van der Waals surface area contributed by atoms with Crippen LogP contribution in [0.5, 0.6) is 11.5 Å². The molecule has 0 aliphatic heterocycles. The van der Waals surface area contributed by atoms with Crippen molar-refractivity contribution in [1.82, 2.24) is 20.6 Å². The topological polar surface area (TPSA) is 188 Å². The second kappa shape index (κ2) is 14.9. The maximum atomic E-state index is 12.2. The number of benzene rings is 2. The van der Waals surface area contributed by atoms with Gasteiger partial charge in [0, 0.05) is 33.6 Å². The number of carbonyl (C=O) groups is 4. The first-order chi connectivity index (χ1) is 21.9. The molecule has 2 aromatic carbocycles. The van der Waals surface area contributed by atoms with Crippen LogP contribution in [0.1, 0.15) is 48.7 Å². The van der Waals surface area contributed by atoms with Crippen LogP contribution in [0.2, 0.25) is 10.0 Å². The molecule has 4 rings (SSSR count). The molecular weight excluding hydrogens is 651 g/mol. The molecule has 5 N–H and O–H groups in total. The number of hydrogen-bond acceptors (Lipinski definition) is 9. The number of aromatic nitrogens is 2. The van der Waals surface area contributed by atoms with Crippen molar-refractivity contribution in [1.29, 1.82) is 0 Å². The summed E-state index contributed by atoms with van der Waals surface area (Å²) in [6, 6.07) is 16.8. The predicted octanol–water partition coefficient (Wildman–Crippen LogP) is 5.49. The largest absolute Gasteiger partial charge is 0.505 e. The van der Waals surface area contributed by atoms with E-state index in [0.29, 0.717) is 21.2 Å². The van der Waals surface area contributed by atoms with E-state index < -0.39 is 34.8 Å². The first kappa shape index (κ1) is 36.3. The quantitative estimate of drug-likeness (QED) is 0.149. The number of esters is 1. The molecule has 246 valence electrons. The Bertz CT molecular complexity index is 1830. The monoisotopic (exact) mass is 682 g/mol. The third-order valence-corrected chi connectivity index (χ3v) is 7.03. The summed E-state index contributed by atoms with van der Waals surface area (Å²) < 4.78 is 4.62. The number of nitrogens with zero attached hydrogens (tertiary/aromatic N) is 2. The van der Waals surface area contributed by atoms with E-state index in [1.54, 1.807) is 42.5 Å². The third-order valence-electron chi connectivity index (χ3n) is 6.56. The summed E-state index contributed by atoms with van der Waals surface area (Å²) in [6.45, 7) is 5.66. The molecule has 0 saturated heterocycles. The molecule has 2 amide bonds. The van der Waals surface area contributed by atoms with Crippen molar-refractivity contribution in [3.05, 3.63) is 94.5 Å². The van der Waals surface area contributed by atoms with Crippen LogP contribution in [0.3, 0.4) is 0 Å². The number of carboxylic acids is 1. The van der Waals surface area contributed by atoms with Crippen molar-refractivity contribution in [3.8, 4) is 33.8 Å². The Labute approximate surface area is 280 Å². The van der Waals surface area contributed by atoms with Gasteiger partial charge in [-0.3, -0.25) is 9.59 Å². The number of ether oxygens (including phenoxy) is 1. The minimum absolute atomic E-state index is 0.183. The number of amides is 2. The van der Waals surface area contributed by atoms with Crippen LogP contribution in [-0.4, -0.2) is 67.2 Å². The lowest BCUT2D eigenvalue weighted by Crippen LogP contribution is -2.50. The number of hydrogen-bond donors (Lipinski definition) is 5. The summed E-state index contributed by atoms with van der Waals surface area (Å²) in [5.41, 5.74) is -0.464. The molecule has 0 fully saturated rings. The van der Waals surface area contributed by atoms with Gasteiger partial charge in [-0.2, -0.15) is 0 Å². The average molecular weight is 684 g/mol. The number of aliphatic carboxylic acids is 1. The van der Waals surface area contributed by atoms with Gasteiger partial charge in [-0.1, -0.05) is 47.5 Å². The van der Waals surface area contributed by atoms with E-state index >= 15 is 0 Å². The van der Waals surface area contributed by atoms with Crippen LogP contribution in [0.15, 0.2) is 73.1 Å². The summed E-state index contributed by atoms with van der Waals surface area (Å²) in [5, 5.41) is 35.0. The number of pyridine rings is 2. The van der Waals surface area contributed by atoms with Gasteiger partial charge in [0.05, 0.1) is 7.11 Å². The van der Waals surface area contributed by atoms with Gasteiger partial charge in [0.2, 0.25) is 0 Å². The highest BCUT2D eigenvalue weighted by Gasteiger charge is 2.32. The molecule has 0 bridgehead atoms. The Balaban J connectivity index is 0.000000256. The number of carboxylic acid groups (broad SMARTS) is 1. The normalized spacial score (nSPS) is 11.0. The Morgan fingerprint density at radius 3 is 1.43 bits per heavy atom. The number of nitrogens with one attached hydrogen (secondary N) is 2. The summed E-state index contributed by atoms with van der Waals surface area (Å²) >= 11 is 11.9. The second-order valence-corrected chi connectivity index (χ2v) is 12.0. The fourth-order valence-corrected chi connectivity index (χ4v) is 4.33. The summed E-state index contributed by atoms with van der Waals surface area (Å²) in [7, 11) is 1.23. The van der Waals surface area contributed by atoms with Crippen molar-refractivity contribution in [2.45, 2.75) is 38.8 Å². The van der Waals surface area contributed by atoms with E-state index in [-0.39, 0.29) is 22.9 Å². The second-order valence-electron chi connectivity index (χ2n) is 11.2. The number of rotatable bonds is 8. The van der Waals surface area contributed by atoms with E-state index in [4.69, 9.17) is 28.3 Å². The van der Waals surface area contributed by atoms with E-state index in [1.807, 2.05) is 6.07 Å². The van der Waals surface area contributed by atoms with Gasteiger partial charge in [-0.25, -0.2) is 19.6 Å². The smallest absolute Gasteiger partial charge is 0.330 e. The fraction of sp³-hybridized carbons (Fsp3) is 0.212. The zero-order valence-electron chi connectivity index (χ0n) is 26.0. The van der Waals surface area contributed by atoms with E-state index in [2.05, 4.69) is 25.3 Å². The molecule has 0 aliphatic rings. The molecule has 0 radical (unpaired) electrons. The van der Waals surface area contributed by atoms with Gasteiger partial charge >= 0.3 is 11.9 Å². The summed E-state index contributed by atoms with van der Waals surface area (Å²) in [4.78, 5) is 54.9. The van der Waals surface area contributed by atoms with Crippen LogP contribution >= 0.6 is 23.2 Å². The number of carbonyl (C=O) groups excluding carboxylic acids is 3. The van der Waals surface area contributed by atoms with E-state index in [1.165, 1.54) is 59.3 Å². The maximum Gasteiger partial charge on any atom is 0.330 e. The highest BCUT2D eigenvalue weighted by atomic mass is 35.5.